The average Bonchev–Trinajstić information content (AvgIpc) is 2.26. The van der Waals surface area contributed by atoms with Gasteiger partial charge in [0.1, 0.15) is 10.6 Å². The summed E-state index contributed by atoms with van der Waals surface area (Å²) in [6, 6.07) is -0.159. The van der Waals surface area contributed by atoms with E-state index in [1.165, 1.54) is 19.3 Å². The van der Waals surface area contributed by atoms with E-state index in [1.54, 1.807) is 0 Å². The molecule has 1 aliphatic rings. The Balaban J connectivity index is 2.41. The number of hydrogen-bond acceptors (Lipinski definition) is 3. The second-order valence-corrected chi connectivity index (χ2v) is 6.17. The lowest BCUT2D eigenvalue weighted by Crippen LogP contribution is -2.48. The lowest BCUT2D eigenvalue weighted by Gasteiger charge is -2.32. The van der Waals surface area contributed by atoms with Crippen molar-refractivity contribution in [2.45, 2.75) is 58.6 Å². The molecule has 1 fully saturated rings. The SMILES string of the molecule is CC(NC(=O)OC(C)(C)C)C(=S)N1CCCCC1. The van der Waals surface area contributed by atoms with Crippen molar-refractivity contribution in [2.24, 2.45) is 0 Å². The largest absolute Gasteiger partial charge is 0.444 e. The van der Waals surface area contributed by atoms with Crippen LogP contribution in [0.15, 0.2) is 0 Å². The summed E-state index contributed by atoms with van der Waals surface area (Å²) < 4.78 is 5.22. The number of amides is 1. The van der Waals surface area contributed by atoms with Crippen LogP contribution in [-0.4, -0.2) is 40.7 Å². The summed E-state index contributed by atoms with van der Waals surface area (Å²) in [7, 11) is 0. The lowest BCUT2D eigenvalue weighted by atomic mass is 10.1. The smallest absolute Gasteiger partial charge is 0.408 e. The summed E-state index contributed by atoms with van der Waals surface area (Å²) in [5.74, 6) is 0. The van der Waals surface area contributed by atoms with Gasteiger partial charge in [-0.15, -0.1) is 0 Å². The standard InChI is InChI=1S/C13H24N2O2S/c1-10(14-12(16)17-13(2,3)4)11(18)15-8-6-5-7-9-15/h10H,5-9H2,1-4H3,(H,14,16). The zero-order chi connectivity index (χ0) is 13.8. The Morgan fingerprint density at radius 2 is 1.83 bits per heavy atom. The molecule has 1 saturated heterocycles. The molecule has 0 bridgehead atoms. The van der Waals surface area contributed by atoms with E-state index in [1.807, 2.05) is 27.7 Å². The number of rotatable bonds is 2. The first-order chi connectivity index (χ1) is 8.29. The Kier molecular flexibility index (Phi) is 5.38. The van der Waals surface area contributed by atoms with Crippen molar-refractivity contribution in [3.63, 3.8) is 0 Å². The number of carbonyl (C=O) groups excluding carboxylic acids is 1. The van der Waals surface area contributed by atoms with Crippen molar-refractivity contribution in [3.05, 3.63) is 0 Å². The number of hydrogen-bond donors (Lipinski definition) is 1. The molecule has 0 aromatic carbocycles. The summed E-state index contributed by atoms with van der Waals surface area (Å²) in [6.45, 7) is 9.44. The van der Waals surface area contributed by atoms with Crippen LogP contribution in [0.2, 0.25) is 0 Å². The maximum Gasteiger partial charge on any atom is 0.408 e. The van der Waals surface area contributed by atoms with E-state index in [0.29, 0.717) is 0 Å². The minimum absolute atomic E-state index is 0.159. The van der Waals surface area contributed by atoms with Crippen LogP contribution in [0.1, 0.15) is 47.0 Å². The molecule has 1 amide bonds. The third-order valence-corrected chi connectivity index (χ3v) is 3.38. The van der Waals surface area contributed by atoms with E-state index in [0.717, 1.165) is 18.1 Å². The third-order valence-electron chi connectivity index (χ3n) is 2.77. The highest BCUT2D eigenvalue weighted by molar-refractivity contribution is 7.80. The van der Waals surface area contributed by atoms with E-state index in [4.69, 9.17) is 17.0 Å². The maximum atomic E-state index is 11.6. The Bertz CT molecular complexity index is 307. The van der Waals surface area contributed by atoms with Crippen LogP contribution in [0.3, 0.4) is 0 Å². The number of nitrogens with one attached hydrogen (secondary N) is 1. The maximum absolute atomic E-state index is 11.6. The summed E-state index contributed by atoms with van der Waals surface area (Å²) in [4.78, 5) is 14.6. The highest BCUT2D eigenvalue weighted by atomic mass is 32.1. The van der Waals surface area contributed by atoms with Gasteiger partial charge in [-0.25, -0.2) is 4.79 Å². The third kappa shape index (κ3) is 5.21. The number of alkyl carbamates (subject to hydrolysis) is 1. The van der Waals surface area contributed by atoms with Crippen LogP contribution in [0.25, 0.3) is 0 Å². The fourth-order valence-corrected chi connectivity index (χ4v) is 2.18. The van der Waals surface area contributed by atoms with Gasteiger partial charge in [0.15, 0.2) is 0 Å². The van der Waals surface area contributed by atoms with Crippen LogP contribution in [0.5, 0.6) is 0 Å². The Morgan fingerprint density at radius 1 is 1.28 bits per heavy atom. The Labute approximate surface area is 115 Å². The van der Waals surface area contributed by atoms with E-state index in [2.05, 4.69) is 10.2 Å². The molecule has 0 aromatic heterocycles. The van der Waals surface area contributed by atoms with Gasteiger partial charge in [-0.3, -0.25) is 0 Å². The predicted octanol–water partition coefficient (Wildman–Crippen LogP) is 2.71. The first-order valence-electron chi connectivity index (χ1n) is 6.58. The molecule has 1 aliphatic heterocycles. The van der Waals surface area contributed by atoms with E-state index in [9.17, 15) is 4.79 Å². The average molecular weight is 272 g/mol. The Hall–Kier alpha value is -0.840. The number of thiocarbonyl (C=S) groups is 1. The van der Waals surface area contributed by atoms with Gasteiger partial charge in [-0.2, -0.15) is 0 Å². The van der Waals surface area contributed by atoms with E-state index >= 15 is 0 Å². The van der Waals surface area contributed by atoms with Crippen LogP contribution >= 0.6 is 12.2 Å². The molecule has 1 unspecified atom stereocenters. The van der Waals surface area contributed by atoms with Crippen molar-refractivity contribution >= 4 is 23.3 Å². The molecule has 0 saturated carbocycles. The van der Waals surface area contributed by atoms with Crippen molar-refractivity contribution < 1.29 is 9.53 Å². The van der Waals surface area contributed by atoms with Crippen LogP contribution < -0.4 is 5.32 Å². The van der Waals surface area contributed by atoms with E-state index in [-0.39, 0.29) is 6.04 Å². The molecule has 0 spiro atoms. The van der Waals surface area contributed by atoms with Gasteiger partial charge in [-0.1, -0.05) is 12.2 Å². The fourth-order valence-electron chi connectivity index (χ4n) is 1.93. The monoisotopic (exact) mass is 272 g/mol. The van der Waals surface area contributed by atoms with Gasteiger partial charge in [0, 0.05) is 13.1 Å². The number of piperidine rings is 1. The van der Waals surface area contributed by atoms with Gasteiger partial charge in [-0.05, 0) is 47.0 Å². The van der Waals surface area contributed by atoms with E-state index < -0.39 is 11.7 Å². The molecule has 0 radical (unpaired) electrons. The zero-order valence-corrected chi connectivity index (χ0v) is 12.6. The summed E-state index contributed by atoms with van der Waals surface area (Å²) in [6.07, 6.45) is 3.22. The molecule has 104 valence electrons. The topological polar surface area (TPSA) is 41.6 Å². The number of carbonyl (C=O) groups is 1. The molecule has 1 N–H and O–H groups in total. The minimum Gasteiger partial charge on any atom is -0.444 e. The quantitative estimate of drug-likeness (QED) is 0.785. The number of ether oxygens (including phenoxy) is 1. The second-order valence-electron chi connectivity index (χ2n) is 5.75. The lowest BCUT2D eigenvalue weighted by molar-refractivity contribution is 0.0519. The minimum atomic E-state index is -0.476. The molecule has 1 heterocycles. The van der Waals surface area contributed by atoms with Crippen molar-refractivity contribution in [1.82, 2.24) is 10.2 Å². The predicted molar refractivity (Wildman–Crippen MR) is 76.9 cm³/mol. The molecular weight excluding hydrogens is 248 g/mol. The van der Waals surface area contributed by atoms with Gasteiger partial charge in [0.05, 0.1) is 6.04 Å². The molecular formula is C13H24N2O2S. The van der Waals surface area contributed by atoms with Crippen molar-refractivity contribution in [2.75, 3.05) is 13.1 Å². The summed E-state index contributed by atoms with van der Waals surface area (Å²) >= 11 is 5.41. The molecule has 0 aromatic rings. The fraction of sp³-hybridized carbons (Fsp3) is 0.846. The normalized spacial score (nSPS) is 18.1. The summed E-state index contributed by atoms with van der Waals surface area (Å²) in [5, 5.41) is 2.79. The number of likely N-dealkylation sites (tertiary alicyclic amines) is 1. The molecule has 4 nitrogen and oxygen atoms in total. The second kappa shape index (κ2) is 6.36. The number of nitrogens with zero attached hydrogens (tertiary/aromatic N) is 1. The first kappa shape index (κ1) is 15.2. The van der Waals surface area contributed by atoms with Crippen molar-refractivity contribution in [1.29, 1.82) is 0 Å². The molecule has 18 heavy (non-hydrogen) atoms. The first-order valence-corrected chi connectivity index (χ1v) is 6.99. The van der Waals surface area contributed by atoms with Gasteiger partial charge in [0.2, 0.25) is 0 Å². The Morgan fingerprint density at radius 3 is 2.33 bits per heavy atom. The molecule has 0 aliphatic carbocycles. The highest BCUT2D eigenvalue weighted by Gasteiger charge is 2.22. The van der Waals surface area contributed by atoms with Gasteiger partial charge >= 0.3 is 6.09 Å². The summed E-state index contributed by atoms with van der Waals surface area (Å²) in [5.41, 5.74) is -0.476. The molecule has 1 rings (SSSR count). The highest BCUT2D eigenvalue weighted by Crippen LogP contribution is 2.12. The van der Waals surface area contributed by atoms with Crippen LogP contribution in [0, 0.1) is 0 Å². The van der Waals surface area contributed by atoms with Crippen LogP contribution in [-0.2, 0) is 4.74 Å². The van der Waals surface area contributed by atoms with Crippen molar-refractivity contribution in [3.8, 4) is 0 Å². The van der Waals surface area contributed by atoms with Gasteiger partial charge in [0.25, 0.3) is 0 Å². The van der Waals surface area contributed by atoms with Crippen LogP contribution in [0.4, 0.5) is 4.79 Å². The van der Waals surface area contributed by atoms with Gasteiger partial charge < -0.3 is 15.0 Å². The zero-order valence-electron chi connectivity index (χ0n) is 11.8. The molecule has 1 atom stereocenters. The molecule has 5 heteroatoms.